The van der Waals surface area contributed by atoms with E-state index in [0.717, 1.165) is 17.7 Å². The van der Waals surface area contributed by atoms with Crippen LogP contribution >= 0.6 is 11.6 Å². The minimum atomic E-state index is -4.45. The second-order valence-electron chi connectivity index (χ2n) is 5.58. The molecule has 8 heteroatoms. The Labute approximate surface area is 154 Å². The highest BCUT2D eigenvalue weighted by atomic mass is 35.5. The van der Waals surface area contributed by atoms with Crippen molar-refractivity contribution in [3.63, 3.8) is 0 Å². The monoisotopic (exact) mass is 386 g/mol. The number of methoxy groups -OCH3 is 1. The fourth-order valence-electron chi connectivity index (χ4n) is 2.31. The van der Waals surface area contributed by atoms with Crippen LogP contribution in [0.2, 0.25) is 5.02 Å². The Kier molecular flexibility index (Phi) is 6.88. The van der Waals surface area contributed by atoms with Gasteiger partial charge in [-0.15, -0.1) is 0 Å². The summed E-state index contributed by atoms with van der Waals surface area (Å²) in [6.07, 6.45) is -4.45. The number of halogens is 4. The number of nitrogens with one attached hydrogen (secondary N) is 2. The number of hydrogen-bond acceptors (Lipinski definition) is 2. The first-order valence-electron chi connectivity index (χ1n) is 7.74. The first-order valence-corrected chi connectivity index (χ1v) is 8.12. The number of rotatable bonds is 6. The van der Waals surface area contributed by atoms with Gasteiger partial charge in [-0.25, -0.2) is 4.79 Å². The lowest BCUT2D eigenvalue weighted by Crippen LogP contribution is -2.39. The van der Waals surface area contributed by atoms with Crippen molar-refractivity contribution in [3.8, 4) is 0 Å². The minimum Gasteiger partial charge on any atom is -0.382 e. The van der Waals surface area contributed by atoms with Gasteiger partial charge in [0.25, 0.3) is 0 Å². The Morgan fingerprint density at radius 3 is 2.50 bits per heavy atom. The van der Waals surface area contributed by atoms with Crippen LogP contribution in [0.25, 0.3) is 0 Å². The molecule has 0 fully saturated rings. The lowest BCUT2D eigenvalue weighted by atomic mass is 10.0. The van der Waals surface area contributed by atoms with Crippen LogP contribution in [-0.4, -0.2) is 19.7 Å². The van der Waals surface area contributed by atoms with Crippen LogP contribution in [-0.2, 0) is 17.5 Å². The molecule has 0 saturated heterocycles. The van der Waals surface area contributed by atoms with Crippen molar-refractivity contribution in [1.82, 2.24) is 10.6 Å². The maximum atomic E-state index is 12.9. The van der Waals surface area contributed by atoms with E-state index in [-0.39, 0.29) is 13.2 Å². The highest BCUT2D eigenvalue weighted by Crippen LogP contribution is 2.30. The van der Waals surface area contributed by atoms with Gasteiger partial charge in [0, 0.05) is 18.7 Å². The van der Waals surface area contributed by atoms with Crippen LogP contribution < -0.4 is 10.6 Å². The maximum Gasteiger partial charge on any atom is 0.416 e. The molecule has 0 heterocycles. The van der Waals surface area contributed by atoms with Gasteiger partial charge in [-0.3, -0.25) is 0 Å². The maximum absolute atomic E-state index is 12.9. The Bertz CT molecular complexity index is 736. The molecule has 2 amide bonds. The van der Waals surface area contributed by atoms with Gasteiger partial charge in [-0.2, -0.15) is 13.2 Å². The Morgan fingerprint density at radius 1 is 1.19 bits per heavy atom. The summed E-state index contributed by atoms with van der Waals surface area (Å²) in [5, 5.41) is 5.86. The third kappa shape index (κ3) is 5.93. The normalized spacial score (nSPS) is 12.5. The van der Waals surface area contributed by atoms with E-state index in [4.69, 9.17) is 16.3 Å². The fraction of sp³-hybridized carbons (Fsp3) is 0.278. The summed E-state index contributed by atoms with van der Waals surface area (Å²) in [5.41, 5.74) is 0.370. The van der Waals surface area contributed by atoms with Gasteiger partial charge < -0.3 is 15.4 Å². The number of urea groups is 1. The number of amides is 2. The van der Waals surface area contributed by atoms with Crippen LogP contribution in [0.3, 0.4) is 0 Å². The number of benzene rings is 2. The molecule has 2 N–H and O–H groups in total. The average molecular weight is 387 g/mol. The molecule has 2 aromatic carbocycles. The Morgan fingerprint density at radius 2 is 1.88 bits per heavy atom. The molecule has 0 spiro atoms. The SMILES string of the molecule is COCC(NC(=O)NCc1ccc(Cl)cc1)c1cccc(C(F)(F)F)c1. The molecule has 2 aromatic rings. The van der Waals surface area contributed by atoms with Gasteiger partial charge in [-0.1, -0.05) is 35.9 Å². The molecule has 0 aliphatic heterocycles. The standard InChI is InChI=1S/C18H18ClF3N2O2/c1-26-11-16(13-3-2-4-14(9-13)18(20,21)22)24-17(25)23-10-12-5-7-15(19)8-6-12/h2-9,16H,10-11H2,1H3,(H2,23,24,25). The van der Waals surface area contributed by atoms with Crippen LogP contribution in [0.5, 0.6) is 0 Å². The summed E-state index contributed by atoms with van der Waals surface area (Å²) in [6, 6.07) is 10.5. The van der Waals surface area contributed by atoms with E-state index in [1.54, 1.807) is 24.3 Å². The van der Waals surface area contributed by atoms with Crippen LogP contribution in [0, 0.1) is 0 Å². The predicted molar refractivity (Wildman–Crippen MR) is 92.9 cm³/mol. The molecular weight excluding hydrogens is 369 g/mol. The van der Waals surface area contributed by atoms with Crippen molar-refractivity contribution >= 4 is 17.6 Å². The van der Waals surface area contributed by atoms with Gasteiger partial charge in [-0.05, 0) is 35.4 Å². The highest BCUT2D eigenvalue weighted by Gasteiger charge is 2.31. The predicted octanol–water partition coefficient (Wildman–Crippen LogP) is 4.55. The van der Waals surface area contributed by atoms with E-state index >= 15 is 0 Å². The molecule has 140 valence electrons. The molecule has 0 aromatic heterocycles. The van der Waals surface area contributed by atoms with Crippen molar-refractivity contribution < 1.29 is 22.7 Å². The quantitative estimate of drug-likeness (QED) is 0.765. The largest absolute Gasteiger partial charge is 0.416 e. The third-order valence-electron chi connectivity index (χ3n) is 3.62. The van der Waals surface area contributed by atoms with Gasteiger partial charge in [0.1, 0.15) is 0 Å². The lowest BCUT2D eigenvalue weighted by Gasteiger charge is -2.20. The molecule has 0 bridgehead atoms. The van der Waals surface area contributed by atoms with E-state index in [9.17, 15) is 18.0 Å². The van der Waals surface area contributed by atoms with Crippen molar-refractivity contribution in [3.05, 3.63) is 70.2 Å². The lowest BCUT2D eigenvalue weighted by molar-refractivity contribution is -0.137. The second-order valence-corrected chi connectivity index (χ2v) is 6.02. The van der Waals surface area contributed by atoms with E-state index in [2.05, 4.69) is 10.6 Å². The summed E-state index contributed by atoms with van der Waals surface area (Å²) in [6.45, 7) is 0.293. The van der Waals surface area contributed by atoms with Crippen molar-refractivity contribution in [1.29, 1.82) is 0 Å². The topological polar surface area (TPSA) is 50.4 Å². The van der Waals surface area contributed by atoms with Gasteiger partial charge in [0.2, 0.25) is 0 Å². The Hall–Kier alpha value is -2.25. The summed E-state index contributed by atoms with van der Waals surface area (Å²) in [5.74, 6) is 0. The van der Waals surface area contributed by atoms with E-state index in [1.807, 2.05) is 0 Å². The number of ether oxygens (including phenoxy) is 1. The summed E-state index contributed by atoms with van der Waals surface area (Å²) in [4.78, 5) is 12.1. The molecule has 0 radical (unpaired) electrons. The molecule has 4 nitrogen and oxygen atoms in total. The molecular formula is C18H18ClF3N2O2. The first kappa shape index (κ1) is 20.1. The number of alkyl halides is 3. The zero-order valence-corrected chi connectivity index (χ0v) is 14.7. The van der Waals surface area contributed by atoms with Gasteiger partial charge in [0.05, 0.1) is 18.2 Å². The van der Waals surface area contributed by atoms with Crippen LogP contribution in [0.1, 0.15) is 22.7 Å². The van der Waals surface area contributed by atoms with E-state index in [0.29, 0.717) is 10.6 Å². The Balaban J connectivity index is 2.03. The van der Waals surface area contributed by atoms with Gasteiger partial charge in [0.15, 0.2) is 0 Å². The van der Waals surface area contributed by atoms with E-state index < -0.39 is 23.8 Å². The highest BCUT2D eigenvalue weighted by molar-refractivity contribution is 6.30. The number of carbonyl (C=O) groups is 1. The zero-order chi connectivity index (χ0) is 19.2. The van der Waals surface area contributed by atoms with Crippen molar-refractivity contribution in [2.75, 3.05) is 13.7 Å². The second kappa shape index (κ2) is 8.91. The smallest absolute Gasteiger partial charge is 0.382 e. The van der Waals surface area contributed by atoms with E-state index in [1.165, 1.54) is 19.2 Å². The molecule has 0 saturated carbocycles. The molecule has 0 aliphatic carbocycles. The zero-order valence-electron chi connectivity index (χ0n) is 13.9. The number of hydrogen-bond donors (Lipinski definition) is 2. The minimum absolute atomic E-state index is 0.0374. The average Bonchev–Trinajstić information content (AvgIpc) is 2.60. The van der Waals surface area contributed by atoms with Crippen LogP contribution in [0.15, 0.2) is 48.5 Å². The van der Waals surface area contributed by atoms with Crippen molar-refractivity contribution in [2.24, 2.45) is 0 Å². The molecule has 2 rings (SSSR count). The fourth-order valence-corrected chi connectivity index (χ4v) is 2.44. The van der Waals surface area contributed by atoms with Crippen LogP contribution in [0.4, 0.5) is 18.0 Å². The van der Waals surface area contributed by atoms with Gasteiger partial charge >= 0.3 is 12.2 Å². The molecule has 26 heavy (non-hydrogen) atoms. The summed E-state index contributed by atoms with van der Waals surface area (Å²) >= 11 is 5.80. The molecule has 0 aliphatic rings. The molecule has 1 unspecified atom stereocenters. The summed E-state index contributed by atoms with van der Waals surface area (Å²) in [7, 11) is 1.41. The molecule has 1 atom stereocenters. The first-order chi connectivity index (χ1) is 12.3. The summed E-state index contributed by atoms with van der Waals surface area (Å²) < 4.78 is 43.7. The van der Waals surface area contributed by atoms with Crippen molar-refractivity contribution in [2.45, 2.75) is 18.8 Å². The number of carbonyl (C=O) groups excluding carboxylic acids is 1. The third-order valence-corrected chi connectivity index (χ3v) is 3.87.